The Hall–Kier alpha value is -3.87. The van der Waals surface area contributed by atoms with Crippen LogP contribution in [0.15, 0.2) is 82.3 Å². The molecule has 1 aliphatic rings. The summed E-state index contributed by atoms with van der Waals surface area (Å²) in [6.45, 7) is 1.86. The van der Waals surface area contributed by atoms with Gasteiger partial charge in [0.25, 0.3) is 0 Å². The second kappa shape index (κ2) is 12.4. The van der Waals surface area contributed by atoms with Crippen molar-refractivity contribution in [2.45, 2.75) is 35.6 Å². The zero-order valence-electron chi connectivity index (χ0n) is 23.6. The smallest absolute Gasteiger partial charge is 0.331 e. The Kier molecular flexibility index (Phi) is 8.64. The molecule has 5 nitrogen and oxygen atoms in total. The molecule has 0 bridgehead atoms. The third-order valence-electron chi connectivity index (χ3n) is 7.75. The van der Waals surface area contributed by atoms with Gasteiger partial charge in [0.2, 0.25) is 40.7 Å². The molecular formula is C33H21BrClF5N2O3S. The van der Waals surface area contributed by atoms with Crippen LogP contribution in [0.25, 0.3) is 10.9 Å². The van der Waals surface area contributed by atoms with Crippen molar-refractivity contribution in [3.05, 3.63) is 128 Å². The van der Waals surface area contributed by atoms with Crippen LogP contribution in [-0.2, 0) is 16.1 Å². The normalized spacial score (nSPS) is 18.0. The maximum absolute atomic E-state index is 14.8. The van der Waals surface area contributed by atoms with Crippen LogP contribution in [0.3, 0.4) is 0 Å². The number of carbonyl (C=O) groups is 2. The van der Waals surface area contributed by atoms with Crippen molar-refractivity contribution in [3.8, 4) is 5.75 Å². The summed E-state index contributed by atoms with van der Waals surface area (Å²) in [7, 11) is 0. The number of thioether (sulfide) groups is 1. The lowest BCUT2D eigenvalue weighted by Crippen LogP contribution is -2.44. The molecule has 13 heteroatoms. The largest absolute Gasteiger partial charge is 0.419 e. The van der Waals surface area contributed by atoms with Gasteiger partial charge in [-0.25, -0.2) is 18.0 Å². The molecule has 1 fully saturated rings. The molecule has 0 aliphatic carbocycles. The number of nitrogens with one attached hydrogen (secondary N) is 1. The van der Waals surface area contributed by atoms with Gasteiger partial charge in [0.05, 0.1) is 12.5 Å². The summed E-state index contributed by atoms with van der Waals surface area (Å²) in [6.07, 6.45) is 1.07. The molecule has 2 heterocycles. The third kappa shape index (κ3) is 5.67. The van der Waals surface area contributed by atoms with Gasteiger partial charge in [0, 0.05) is 43.6 Å². The minimum atomic E-state index is -2.40. The molecule has 1 amide bonds. The number of H-pyrrole nitrogens is 1. The molecule has 46 heavy (non-hydrogen) atoms. The number of likely N-dealkylation sites (tertiary alicyclic amines) is 1. The highest BCUT2D eigenvalue weighted by Gasteiger charge is 2.60. The fourth-order valence-electron chi connectivity index (χ4n) is 5.54. The molecule has 1 N–H and O–H groups in total. The first-order chi connectivity index (χ1) is 21.9. The fourth-order valence-corrected chi connectivity index (χ4v) is 7.35. The molecule has 0 saturated carbocycles. The van der Waals surface area contributed by atoms with Gasteiger partial charge in [-0.2, -0.15) is 8.78 Å². The monoisotopic (exact) mass is 734 g/mol. The van der Waals surface area contributed by atoms with E-state index in [0.29, 0.717) is 31.9 Å². The Morgan fingerprint density at radius 1 is 0.978 bits per heavy atom. The van der Waals surface area contributed by atoms with Gasteiger partial charge >= 0.3 is 5.97 Å². The van der Waals surface area contributed by atoms with Crippen molar-refractivity contribution in [2.75, 3.05) is 0 Å². The van der Waals surface area contributed by atoms with Gasteiger partial charge in [-0.05, 0) is 48.9 Å². The predicted octanol–water partition coefficient (Wildman–Crippen LogP) is 9.20. The van der Waals surface area contributed by atoms with Crippen molar-refractivity contribution in [3.63, 3.8) is 0 Å². The summed E-state index contributed by atoms with van der Waals surface area (Å²) in [5, 5.41) is 1.00. The Bertz CT molecular complexity index is 1980. The van der Waals surface area contributed by atoms with Crippen LogP contribution >= 0.6 is 39.3 Å². The Morgan fingerprint density at radius 3 is 2.26 bits per heavy atom. The maximum Gasteiger partial charge on any atom is 0.331 e. The topological polar surface area (TPSA) is 62.4 Å². The summed E-state index contributed by atoms with van der Waals surface area (Å²) in [6, 6.07) is 17.9. The first-order valence-corrected chi connectivity index (χ1v) is 15.7. The molecule has 2 unspecified atom stereocenters. The minimum Gasteiger partial charge on any atom is -0.419 e. The average Bonchev–Trinajstić information content (AvgIpc) is 3.56. The first-order valence-electron chi connectivity index (χ1n) is 13.7. The van der Waals surface area contributed by atoms with Gasteiger partial charge < -0.3 is 14.6 Å². The molecule has 236 valence electrons. The van der Waals surface area contributed by atoms with E-state index in [9.17, 15) is 31.5 Å². The molecule has 1 aliphatic heterocycles. The van der Waals surface area contributed by atoms with Crippen LogP contribution in [0.4, 0.5) is 22.0 Å². The lowest BCUT2D eigenvalue weighted by atomic mass is 9.92. The number of benzene rings is 4. The Labute approximate surface area is 276 Å². The molecule has 1 aromatic heterocycles. The highest BCUT2D eigenvalue weighted by atomic mass is 79.9. The van der Waals surface area contributed by atoms with E-state index in [1.807, 2.05) is 6.92 Å². The predicted molar refractivity (Wildman–Crippen MR) is 167 cm³/mol. The zero-order chi connectivity index (χ0) is 32.9. The number of hydrogen-bond acceptors (Lipinski definition) is 4. The summed E-state index contributed by atoms with van der Waals surface area (Å²) < 4.78 is 75.8. The molecule has 5 aromatic rings. The van der Waals surface area contributed by atoms with Gasteiger partial charge in [0.1, 0.15) is 0 Å². The molecular weight excluding hydrogens is 715 g/mol. The van der Waals surface area contributed by atoms with E-state index in [1.165, 1.54) is 4.90 Å². The van der Waals surface area contributed by atoms with Gasteiger partial charge in [-0.1, -0.05) is 63.4 Å². The Morgan fingerprint density at radius 2 is 1.61 bits per heavy atom. The number of fused-ring (bicyclic) bond motifs is 1. The number of carbonyl (C=O) groups excluding carboxylic acids is 2. The molecule has 2 atom stereocenters. The SMILES string of the molecule is Cc1ccc(SC2(C(=O)Oc3c(F)c(F)c(F)c(F)c3F)CC(=O)N(Cc3ccc(Br)cc3)C2c2c[nH]c3cc(Cl)ccc23)cc1. The van der Waals surface area contributed by atoms with Gasteiger partial charge in [0.15, 0.2) is 4.75 Å². The van der Waals surface area contributed by atoms with Crippen LogP contribution < -0.4 is 4.74 Å². The van der Waals surface area contributed by atoms with E-state index in [4.69, 9.17) is 16.3 Å². The fraction of sp³-hybridized carbons (Fsp3) is 0.152. The standard InChI is InChI=1S/C33H21BrClF5N2O3S/c1-16-2-9-20(10-3-16)46-33(32(44)45-30-28(39)26(37)25(36)27(38)29(30)40)13-24(43)42(15-17-4-6-18(34)7-5-17)31(33)22-14-41-23-12-19(35)8-11-21(22)23/h2-12,14,31,41H,13,15H2,1H3. The first kappa shape index (κ1) is 32.1. The zero-order valence-corrected chi connectivity index (χ0v) is 26.8. The van der Waals surface area contributed by atoms with Gasteiger partial charge in [-0.3, -0.25) is 4.79 Å². The van der Waals surface area contributed by atoms with Crippen LogP contribution in [0.1, 0.15) is 29.2 Å². The van der Waals surface area contributed by atoms with Crippen molar-refractivity contribution < 1.29 is 36.3 Å². The maximum atomic E-state index is 14.8. The number of nitrogens with zero attached hydrogens (tertiary/aromatic N) is 1. The summed E-state index contributed by atoms with van der Waals surface area (Å²) in [5.41, 5.74) is 2.62. The number of rotatable bonds is 7. The highest BCUT2D eigenvalue weighted by molar-refractivity contribution is 9.10. The number of ether oxygens (including phenoxy) is 1. The number of amides is 1. The van der Waals surface area contributed by atoms with E-state index < -0.39 is 63.9 Å². The minimum absolute atomic E-state index is 0.0169. The summed E-state index contributed by atoms with van der Waals surface area (Å²) >= 11 is 10.5. The quantitative estimate of drug-likeness (QED) is 0.0596. The lowest BCUT2D eigenvalue weighted by Gasteiger charge is -2.35. The third-order valence-corrected chi connectivity index (χ3v) is 9.93. The number of esters is 1. The lowest BCUT2D eigenvalue weighted by molar-refractivity contribution is -0.138. The molecule has 0 radical (unpaired) electrons. The second-order valence-electron chi connectivity index (χ2n) is 10.8. The van der Waals surface area contributed by atoms with Crippen LogP contribution in [0.2, 0.25) is 5.02 Å². The number of hydrogen-bond donors (Lipinski definition) is 1. The molecule has 0 spiro atoms. The molecule has 1 saturated heterocycles. The van der Waals surface area contributed by atoms with Crippen LogP contribution in [0.5, 0.6) is 5.75 Å². The van der Waals surface area contributed by atoms with E-state index >= 15 is 0 Å². The van der Waals surface area contributed by atoms with E-state index in [2.05, 4.69) is 20.9 Å². The van der Waals surface area contributed by atoms with Crippen molar-refractivity contribution in [2.24, 2.45) is 0 Å². The van der Waals surface area contributed by atoms with E-state index in [-0.39, 0.29) is 6.54 Å². The van der Waals surface area contributed by atoms with Crippen LogP contribution in [-0.4, -0.2) is 26.5 Å². The number of aromatic amines is 1. The van der Waals surface area contributed by atoms with Crippen molar-refractivity contribution in [1.82, 2.24) is 9.88 Å². The number of aryl methyl sites for hydroxylation is 1. The molecule has 6 rings (SSSR count). The Balaban J connectivity index is 1.56. The van der Waals surface area contributed by atoms with Crippen molar-refractivity contribution in [1.29, 1.82) is 0 Å². The summed E-state index contributed by atoms with van der Waals surface area (Å²) in [4.78, 5) is 33.4. The average molecular weight is 736 g/mol. The van der Waals surface area contributed by atoms with E-state index in [0.717, 1.165) is 21.8 Å². The highest BCUT2D eigenvalue weighted by Crippen LogP contribution is 2.55. The second-order valence-corrected chi connectivity index (χ2v) is 13.5. The van der Waals surface area contributed by atoms with Crippen molar-refractivity contribution >= 4 is 62.1 Å². The summed E-state index contributed by atoms with van der Waals surface area (Å²) in [5.74, 6) is -15.2. The van der Waals surface area contributed by atoms with E-state index in [1.54, 1.807) is 72.9 Å². The van der Waals surface area contributed by atoms with Crippen LogP contribution in [0, 0.1) is 36.0 Å². The number of aromatic nitrogens is 1. The number of halogens is 7. The van der Waals surface area contributed by atoms with Gasteiger partial charge in [-0.15, -0.1) is 11.8 Å². The molecule has 4 aromatic carbocycles.